The average molecular weight is 296 g/mol. The lowest BCUT2D eigenvalue weighted by molar-refractivity contribution is 0.532. The van der Waals surface area contributed by atoms with Crippen LogP contribution in [0.3, 0.4) is 0 Å². The van der Waals surface area contributed by atoms with Gasteiger partial charge in [-0.1, -0.05) is 25.1 Å². The van der Waals surface area contributed by atoms with E-state index in [1.807, 2.05) is 12.3 Å². The maximum absolute atomic E-state index is 4.48. The van der Waals surface area contributed by atoms with E-state index in [2.05, 4.69) is 58.3 Å². The van der Waals surface area contributed by atoms with Crippen LogP contribution in [-0.2, 0) is 6.42 Å². The van der Waals surface area contributed by atoms with Crippen LogP contribution in [-0.4, -0.2) is 11.5 Å². The molecule has 0 aliphatic carbocycles. The van der Waals surface area contributed by atoms with E-state index in [1.165, 1.54) is 16.5 Å². The zero-order valence-corrected chi connectivity index (χ0v) is 13.1. The van der Waals surface area contributed by atoms with Gasteiger partial charge in [0, 0.05) is 17.6 Å². The molecule has 1 N–H and O–H groups in total. The predicted molar refractivity (Wildman–Crippen MR) is 90.8 cm³/mol. The average Bonchev–Trinajstić information content (AvgIpc) is 3.04. The highest BCUT2D eigenvalue weighted by atomic mass is 32.1. The van der Waals surface area contributed by atoms with Crippen molar-refractivity contribution in [3.8, 4) is 0 Å². The van der Waals surface area contributed by atoms with Gasteiger partial charge in [-0.15, -0.1) is 0 Å². The quantitative estimate of drug-likeness (QED) is 0.720. The predicted octanol–water partition coefficient (Wildman–Crippen LogP) is 4.58. The van der Waals surface area contributed by atoms with Gasteiger partial charge in [-0.05, 0) is 59.5 Å². The fraction of sp³-hybridized carbons (Fsp3) is 0.278. The highest BCUT2D eigenvalue weighted by Crippen LogP contribution is 2.26. The third kappa shape index (κ3) is 3.31. The normalized spacial score (nSPS) is 12.6. The van der Waals surface area contributed by atoms with Gasteiger partial charge in [0.25, 0.3) is 0 Å². The van der Waals surface area contributed by atoms with Crippen molar-refractivity contribution in [2.75, 3.05) is 6.54 Å². The van der Waals surface area contributed by atoms with Crippen LogP contribution in [0.25, 0.3) is 10.9 Å². The molecular formula is C18H20N2S. The summed E-state index contributed by atoms with van der Waals surface area (Å²) in [5, 5.41) is 9.34. The molecule has 2 aromatic heterocycles. The van der Waals surface area contributed by atoms with Crippen molar-refractivity contribution in [1.82, 2.24) is 10.3 Å². The van der Waals surface area contributed by atoms with Crippen molar-refractivity contribution in [2.45, 2.75) is 25.8 Å². The lowest BCUT2D eigenvalue weighted by Gasteiger charge is -2.20. The number of rotatable bonds is 6. The van der Waals surface area contributed by atoms with E-state index in [1.54, 1.807) is 11.3 Å². The first-order valence-electron chi connectivity index (χ1n) is 7.46. The molecule has 1 atom stereocenters. The first kappa shape index (κ1) is 14.2. The van der Waals surface area contributed by atoms with Crippen LogP contribution in [0.5, 0.6) is 0 Å². The fourth-order valence-corrected chi connectivity index (χ4v) is 3.36. The molecule has 1 aromatic carbocycles. The second-order valence-electron chi connectivity index (χ2n) is 5.26. The Bertz CT molecular complexity index is 686. The van der Waals surface area contributed by atoms with Crippen LogP contribution in [0.15, 0.2) is 53.4 Å². The number of nitrogens with one attached hydrogen (secondary N) is 1. The molecule has 0 bridgehead atoms. The number of nitrogens with zero attached hydrogens (tertiary/aromatic N) is 1. The Morgan fingerprint density at radius 1 is 1.19 bits per heavy atom. The van der Waals surface area contributed by atoms with Crippen molar-refractivity contribution in [2.24, 2.45) is 0 Å². The molecule has 0 amide bonds. The molecule has 2 nitrogen and oxygen atoms in total. The fourth-order valence-electron chi connectivity index (χ4n) is 2.68. The Morgan fingerprint density at radius 2 is 2.10 bits per heavy atom. The van der Waals surface area contributed by atoms with E-state index >= 15 is 0 Å². The summed E-state index contributed by atoms with van der Waals surface area (Å²) in [5.41, 5.74) is 3.82. The van der Waals surface area contributed by atoms with E-state index in [9.17, 15) is 0 Å². The molecule has 21 heavy (non-hydrogen) atoms. The first-order valence-corrected chi connectivity index (χ1v) is 8.41. The van der Waals surface area contributed by atoms with E-state index in [0.29, 0.717) is 6.04 Å². The molecule has 108 valence electrons. The van der Waals surface area contributed by atoms with Crippen LogP contribution in [0.1, 0.15) is 30.5 Å². The van der Waals surface area contributed by atoms with Crippen molar-refractivity contribution in [3.63, 3.8) is 0 Å². The number of hydrogen-bond donors (Lipinski definition) is 1. The van der Waals surface area contributed by atoms with E-state index in [4.69, 9.17) is 0 Å². The lowest BCUT2D eigenvalue weighted by Crippen LogP contribution is -2.24. The smallest absolute Gasteiger partial charge is 0.0705 e. The van der Waals surface area contributed by atoms with Gasteiger partial charge in [0.1, 0.15) is 0 Å². The Labute approximate surface area is 129 Å². The van der Waals surface area contributed by atoms with Gasteiger partial charge in [-0.2, -0.15) is 11.3 Å². The van der Waals surface area contributed by atoms with Crippen LogP contribution < -0.4 is 5.32 Å². The standard InChI is InChI=1S/C18H20N2S/c1-2-9-19-18(12-14-8-11-21-13-14)16-7-10-20-17-6-4-3-5-15(16)17/h3-8,10-11,13,18-19H,2,9,12H2,1H3. The summed E-state index contributed by atoms with van der Waals surface area (Å²) in [7, 11) is 0. The van der Waals surface area contributed by atoms with Gasteiger partial charge in [0.15, 0.2) is 0 Å². The number of pyridine rings is 1. The summed E-state index contributed by atoms with van der Waals surface area (Å²) in [5.74, 6) is 0. The topological polar surface area (TPSA) is 24.9 Å². The van der Waals surface area contributed by atoms with Crippen LogP contribution in [0, 0.1) is 0 Å². The van der Waals surface area contributed by atoms with E-state index < -0.39 is 0 Å². The summed E-state index contributed by atoms with van der Waals surface area (Å²) in [6.07, 6.45) is 4.09. The molecule has 3 aromatic rings. The van der Waals surface area contributed by atoms with E-state index in [0.717, 1.165) is 24.9 Å². The number of thiophene rings is 1. The highest BCUT2D eigenvalue weighted by molar-refractivity contribution is 7.07. The van der Waals surface area contributed by atoms with Gasteiger partial charge < -0.3 is 5.32 Å². The van der Waals surface area contributed by atoms with E-state index in [-0.39, 0.29) is 0 Å². The Balaban J connectivity index is 1.97. The van der Waals surface area contributed by atoms with Crippen LogP contribution >= 0.6 is 11.3 Å². The Kier molecular flexibility index (Phi) is 4.63. The maximum atomic E-state index is 4.48. The summed E-state index contributed by atoms with van der Waals surface area (Å²) in [6.45, 7) is 3.24. The third-order valence-corrected chi connectivity index (χ3v) is 4.45. The maximum Gasteiger partial charge on any atom is 0.0705 e. The lowest BCUT2D eigenvalue weighted by atomic mass is 9.97. The molecule has 3 rings (SSSR count). The highest BCUT2D eigenvalue weighted by Gasteiger charge is 2.14. The third-order valence-electron chi connectivity index (χ3n) is 3.72. The molecule has 0 spiro atoms. The number of para-hydroxylation sites is 1. The Morgan fingerprint density at radius 3 is 2.90 bits per heavy atom. The summed E-state index contributed by atoms with van der Waals surface area (Å²) >= 11 is 1.76. The van der Waals surface area contributed by atoms with Crippen LogP contribution in [0.2, 0.25) is 0 Å². The van der Waals surface area contributed by atoms with Gasteiger partial charge in [0.05, 0.1) is 5.52 Å². The first-order chi connectivity index (χ1) is 10.4. The zero-order chi connectivity index (χ0) is 14.5. The minimum Gasteiger partial charge on any atom is -0.310 e. The summed E-state index contributed by atoms with van der Waals surface area (Å²) < 4.78 is 0. The largest absolute Gasteiger partial charge is 0.310 e. The zero-order valence-electron chi connectivity index (χ0n) is 12.3. The number of benzene rings is 1. The molecule has 1 unspecified atom stereocenters. The molecule has 0 saturated heterocycles. The summed E-state index contributed by atoms with van der Waals surface area (Å²) in [4.78, 5) is 4.48. The van der Waals surface area contributed by atoms with Crippen molar-refractivity contribution in [3.05, 3.63) is 64.5 Å². The van der Waals surface area contributed by atoms with Gasteiger partial charge in [0.2, 0.25) is 0 Å². The monoisotopic (exact) mass is 296 g/mol. The minimum atomic E-state index is 0.340. The summed E-state index contributed by atoms with van der Waals surface area (Å²) in [6, 6.07) is 13.1. The Hall–Kier alpha value is -1.71. The van der Waals surface area contributed by atoms with Crippen molar-refractivity contribution < 1.29 is 0 Å². The van der Waals surface area contributed by atoms with Gasteiger partial charge in [-0.25, -0.2) is 0 Å². The molecule has 0 saturated carbocycles. The molecule has 0 fully saturated rings. The number of fused-ring (bicyclic) bond motifs is 1. The minimum absolute atomic E-state index is 0.340. The van der Waals surface area contributed by atoms with Gasteiger partial charge >= 0.3 is 0 Å². The van der Waals surface area contributed by atoms with Crippen LogP contribution in [0.4, 0.5) is 0 Å². The molecule has 0 aliphatic heterocycles. The number of aromatic nitrogens is 1. The van der Waals surface area contributed by atoms with Gasteiger partial charge in [-0.3, -0.25) is 4.98 Å². The SMILES string of the molecule is CCCNC(Cc1ccsc1)c1ccnc2ccccc12. The molecule has 3 heteroatoms. The molecule has 0 aliphatic rings. The number of hydrogen-bond acceptors (Lipinski definition) is 3. The second-order valence-corrected chi connectivity index (χ2v) is 6.04. The second kappa shape index (κ2) is 6.83. The molecular weight excluding hydrogens is 276 g/mol. The van der Waals surface area contributed by atoms with Crippen molar-refractivity contribution >= 4 is 22.2 Å². The van der Waals surface area contributed by atoms with Crippen molar-refractivity contribution in [1.29, 1.82) is 0 Å². The molecule has 0 radical (unpaired) electrons. The molecule has 2 heterocycles.